The Morgan fingerprint density at radius 3 is 2.20 bits per heavy atom. The van der Waals surface area contributed by atoms with E-state index in [0.29, 0.717) is 24.2 Å². The first-order chi connectivity index (χ1) is 14.3. The van der Waals surface area contributed by atoms with Gasteiger partial charge in [-0.25, -0.2) is 13.2 Å². The summed E-state index contributed by atoms with van der Waals surface area (Å²) in [6.45, 7) is 3.95. The fourth-order valence-corrected chi connectivity index (χ4v) is 4.50. The molecule has 0 unspecified atom stereocenters. The van der Waals surface area contributed by atoms with Crippen molar-refractivity contribution < 1.29 is 17.9 Å². The normalized spacial score (nSPS) is 12.4. The Kier molecular flexibility index (Phi) is 6.70. The number of carbonyl (C=O) groups excluding carboxylic acids is 1. The Morgan fingerprint density at radius 1 is 0.933 bits per heavy atom. The van der Waals surface area contributed by atoms with E-state index < -0.39 is 15.8 Å². The molecule has 0 saturated heterocycles. The van der Waals surface area contributed by atoms with Crippen LogP contribution in [0.2, 0.25) is 0 Å². The van der Waals surface area contributed by atoms with Crippen molar-refractivity contribution in [2.24, 2.45) is 5.73 Å². The van der Waals surface area contributed by atoms with Gasteiger partial charge in [-0.15, -0.1) is 0 Å². The average molecular weight is 424 g/mol. The van der Waals surface area contributed by atoms with Crippen LogP contribution in [-0.2, 0) is 21.0 Å². The van der Waals surface area contributed by atoms with E-state index in [1.807, 2.05) is 19.1 Å². The standard InChI is InChI=1S/C24H25NO4S/c1-3-29-24(26)21-8-4-6-19(15-21)20-7-5-9-23(16-20)30(27,28)22-12-10-18(11-13-22)14-17(2)25/h4-13,15-17H,3,14,25H2,1-2H3/t17-/m1/s1. The van der Waals surface area contributed by atoms with Gasteiger partial charge in [0, 0.05) is 6.04 Å². The van der Waals surface area contributed by atoms with Crippen LogP contribution in [0.3, 0.4) is 0 Å². The molecule has 156 valence electrons. The summed E-state index contributed by atoms with van der Waals surface area (Å²) in [7, 11) is -3.67. The lowest BCUT2D eigenvalue weighted by atomic mass is 10.0. The molecule has 0 heterocycles. The number of rotatable bonds is 7. The minimum Gasteiger partial charge on any atom is -0.462 e. The average Bonchev–Trinajstić information content (AvgIpc) is 2.74. The molecule has 2 N–H and O–H groups in total. The molecule has 1 atom stereocenters. The van der Waals surface area contributed by atoms with E-state index in [0.717, 1.165) is 11.1 Å². The lowest BCUT2D eigenvalue weighted by Crippen LogP contribution is -2.17. The highest BCUT2D eigenvalue weighted by molar-refractivity contribution is 7.91. The first-order valence-electron chi connectivity index (χ1n) is 9.78. The first kappa shape index (κ1) is 21.7. The summed E-state index contributed by atoms with van der Waals surface area (Å²) in [5.41, 5.74) is 8.67. The number of hydrogen-bond donors (Lipinski definition) is 1. The Bertz CT molecular complexity index is 1140. The van der Waals surface area contributed by atoms with Gasteiger partial charge in [0.05, 0.1) is 22.0 Å². The lowest BCUT2D eigenvalue weighted by molar-refractivity contribution is 0.0526. The van der Waals surface area contributed by atoms with E-state index in [-0.39, 0.29) is 15.8 Å². The van der Waals surface area contributed by atoms with Crippen LogP contribution >= 0.6 is 0 Å². The van der Waals surface area contributed by atoms with Gasteiger partial charge in [0.25, 0.3) is 0 Å². The fraction of sp³-hybridized carbons (Fsp3) is 0.208. The van der Waals surface area contributed by atoms with Crippen LogP contribution in [-0.4, -0.2) is 27.0 Å². The van der Waals surface area contributed by atoms with Crippen LogP contribution in [0.1, 0.15) is 29.8 Å². The van der Waals surface area contributed by atoms with Crippen LogP contribution in [0.4, 0.5) is 0 Å². The van der Waals surface area contributed by atoms with E-state index in [1.165, 1.54) is 0 Å². The van der Waals surface area contributed by atoms with E-state index in [9.17, 15) is 13.2 Å². The molecular weight excluding hydrogens is 398 g/mol. The van der Waals surface area contributed by atoms with E-state index in [4.69, 9.17) is 10.5 Å². The highest BCUT2D eigenvalue weighted by Gasteiger charge is 2.18. The summed E-state index contributed by atoms with van der Waals surface area (Å²) in [5.74, 6) is -0.407. The molecule has 3 rings (SSSR count). The zero-order chi connectivity index (χ0) is 21.7. The van der Waals surface area contributed by atoms with Crippen molar-refractivity contribution >= 4 is 15.8 Å². The van der Waals surface area contributed by atoms with Crippen LogP contribution in [0, 0.1) is 0 Å². The van der Waals surface area contributed by atoms with Crippen molar-refractivity contribution in [2.45, 2.75) is 36.1 Å². The number of esters is 1. The van der Waals surface area contributed by atoms with Gasteiger partial charge < -0.3 is 10.5 Å². The van der Waals surface area contributed by atoms with Gasteiger partial charge in [-0.3, -0.25) is 0 Å². The largest absolute Gasteiger partial charge is 0.462 e. The molecule has 0 fully saturated rings. The summed E-state index contributed by atoms with van der Waals surface area (Å²) in [6.07, 6.45) is 0.687. The Labute approximate surface area is 177 Å². The van der Waals surface area contributed by atoms with E-state index in [2.05, 4.69) is 0 Å². The number of sulfone groups is 1. The summed E-state index contributed by atoms with van der Waals surface area (Å²) in [6, 6.07) is 20.5. The Hall–Kier alpha value is -2.96. The van der Waals surface area contributed by atoms with Crippen molar-refractivity contribution in [2.75, 3.05) is 6.61 Å². The maximum atomic E-state index is 13.1. The molecule has 3 aromatic carbocycles. The summed E-state index contributed by atoms with van der Waals surface area (Å²) in [5, 5.41) is 0. The van der Waals surface area contributed by atoms with Crippen LogP contribution in [0.5, 0.6) is 0 Å². The molecule has 0 saturated carbocycles. The van der Waals surface area contributed by atoms with Gasteiger partial charge in [-0.1, -0.05) is 36.4 Å². The number of ether oxygens (including phenoxy) is 1. The smallest absolute Gasteiger partial charge is 0.338 e. The maximum Gasteiger partial charge on any atom is 0.338 e. The number of carbonyl (C=O) groups is 1. The molecule has 0 bridgehead atoms. The summed E-state index contributed by atoms with van der Waals surface area (Å²) >= 11 is 0. The second kappa shape index (κ2) is 9.24. The Morgan fingerprint density at radius 2 is 1.57 bits per heavy atom. The molecule has 0 radical (unpaired) electrons. The molecular formula is C24H25NO4S. The minimum absolute atomic E-state index is 0.00881. The van der Waals surface area contributed by atoms with E-state index >= 15 is 0 Å². The molecule has 5 nitrogen and oxygen atoms in total. The van der Waals surface area contributed by atoms with Gasteiger partial charge in [-0.2, -0.15) is 0 Å². The molecule has 6 heteroatoms. The minimum atomic E-state index is -3.67. The SMILES string of the molecule is CCOC(=O)c1cccc(-c2cccc(S(=O)(=O)c3ccc(C[C@@H](C)N)cc3)c2)c1. The number of benzene rings is 3. The second-order valence-electron chi connectivity index (χ2n) is 7.16. The zero-order valence-corrected chi connectivity index (χ0v) is 17.9. The van der Waals surface area contributed by atoms with Crippen molar-refractivity contribution in [3.63, 3.8) is 0 Å². The van der Waals surface area contributed by atoms with Crippen molar-refractivity contribution in [3.05, 3.63) is 83.9 Å². The zero-order valence-electron chi connectivity index (χ0n) is 17.0. The predicted octanol–water partition coefficient (Wildman–Crippen LogP) is 4.25. The summed E-state index contributed by atoms with van der Waals surface area (Å²) < 4.78 is 31.3. The highest BCUT2D eigenvalue weighted by Crippen LogP contribution is 2.27. The van der Waals surface area contributed by atoms with Crippen LogP contribution < -0.4 is 5.73 Å². The molecule has 0 aliphatic heterocycles. The van der Waals surface area contributed by atoms with Gasteiger partial charge in [0.2, 0.25) is 9.84 Å². The molecule has 3 aromatic rings. The van der Waals surface area contributed by atoms with E-state index in [1.54, 1.807) is 67.6 Å². The van der Waals surface area contributed by atoms with Crippen LogP contribution in [0.25, 0.3) is 11.1 Å². The predicted molar refractivity (Wildman–Crippen MR) is 117 cm³/mol. The third-order valence-electron chi connectivity index (χ3n) is 4.64. The lowest BCUT2D eigenvalue weighted by Gasteiger charge is -2.10. The molecule has 0 spiro atoms. The van der Waals surface area contributed by atoms with Gasteiger partial charge >= 0.3 is 5.97 Å². The second-order valence-corrected chi connectivity index (χ2v) is 9.11. The Balaban J connectivity index is 1.93. The highest BCUT2D eigenvalue weighted by atomic mass is 32.2. The third-order valence-corrected chi connectivity index (χ3v) is 6.41. The molecule has 30 heavy (non-hydrogen) atoms. The molecule has 0 aliphatic carbocycles. The fourth-order valence-electron chi connectivity index (χ4n) is 3.20. The van der Waals surface area contributed by atoms with Gasteiger partial charge in [0.1, 0.15) is 0 Å². The molecule has 0 amide bonds. The monoisotopic (exact) mass is 423 g/mol. The van der Waals surface area contributed by atoms with Crippen LogP contribution in [0.15, 0.2) is 82.6 Å². The summed E-state index contributed by atoms with van der Waals surface area (Å²) in [4.78, 5) is 12.4. The first-order valence-corrected chi connectivity index (χ1v) is 11.3. The molecule has 0 aliphatic rings. The van der Waals surface area contributed by atoms with Gasteiger partial charge in [-0.05, 0) is 73.4 Å². The van der Waals surface area contributed by atoms with Gasteiger partial charge in [0.15, 0.2) is 0 Å². The maximum absolute atomic E-state index is 13.1. The van der Waals surface area contributed by atoms with Crippen molar-refractivity contribution in [3.8, 4) is 11.1 Å². The van der Waals surface area contributed by atoms with Crippen molar-refractivity contribution in [1.82, 2.24) is 0 Å². The topological polar surface area (TPSA) is 86.5 Å². The quantitative estimate of drug-likeness (QED) is 0.574. The molecule has 0 aromatic heterocycles. The number of nitrogens with two attached hydrogens (primary N) is 1. The number of hydrogen-bond acceptors (Lipinski definition) is 5. The van der Waals surface area contributed by atoms with Crippen molar-refractivity contribution in [1.29, 1.82) is 0 Å². The third kappa shape index (κ3) is 4.96.